The Balaban J connectivity index is 1.18. The average Bonchev–Trinajstić information content (AvgIpc) is 3.35. The highest BCUT2D eigenvalue weighted by Crippen LogP contribution is 2.34. The zero-order valence-electron chi connectivity index (χ0n) is 27.6. The van der Waals surface area contributed by atoms with Crippen LogP contribution in [0.3, 0.4) is 0 Å². The minimum atomic E-state index is 0.777. The van der Waals surface area contributed by atoms with E-state index < -0.39 is 0 Å². The maximum atomic E-state index is 5.18. The average molecular weight is 630 g/mol. The van der Waals surface area contributed by atoms with E-state index >= 15 is 0 Å². The monoisotopic (exact) mass is 629 g/mol. The lowest BCUT2D eigenvalue weighted by molar-refractivity contribution is 1.29. The summed E-state index contributed by atoms with van der Waals surface area (Å²) in [6.45, 7) is 4.14. The third-order valence-corrected chi connectivity index (χ3v) is 9.22. The first kappa shape index (κ1) is 30.2. The lowest BCUT2D eigenvalue weighted by Crippen LogP contribution is -2.26. The summed E-state index contributed by atoms with van der Waals surface area (Å²) in [6.07, 6.45) is 11.2. The molecular weight excluding hydrogens is 595 g/mol. The van der Waals surface area contributed by atoms with E-state index in [2.05, 4.69) is 140 Å². The Morgan fingerprint density at radius 1 is 0.592 bits per heavy atom. The molecule has 49 heavy (non-hydrogen) atoms. The van der Waals surface area contributed by atoms with Gasteiger partial charge in [0.05, 0.1) is 33.5 Å². The smallest absolute Gasteiger partial charge is 0.0825 e. The quantitative estimate of drug-likeness (QED) is 0.136. The second-order valence-electron chi connectivity index (χ2n) is 12.4. The zero-order chi connectivity index (χ0) is 33.2. The van der Waals surface area contributed by atoms with Gasteiger partial charge in [0.15, 0.2) is 0 Å². The summed E-state index contributed by atoms with van der Waals surface area (Å²) in [5.41, 5.74) is 13.0. The van der Waals surface area contributed by atoms with Crippen LogP contribution >= 0.6 is 0 Å². The molecule has 2 aromatic heterocycles. The topological polar surface area (TPSA) is 38.1 Å². The summed E-state index contributed by atoms with van der Waals surface area (Å²) < 4.78 is 0. The lowest BCUT2D eigenvalue weighted by atomic mass is 9.96. The van der Waals surface area contributed by atoms with Crippen LogP contribution in [0.4, 0.5) is 0 Å². The Morgan fingerprint density at radius 2 is 1.27 bits per heavy atom. The molecule has 0 amide bonds. The van der Waals surface area contributed by atoms with Gasteiger partial charge in [-0.15, -0.1) is 0 Å². The molecule has 0 N–H and O–H groups in total. The Labute approximate surface area is 286 Å². The fraction of sp³-hybridized carbons (Fsp3) is 0.0652. The van der Waals surface area contributed by atoms with Crippen LogP contribution in [0.1, 0.15) is 35.7 Å². The number of hydrogen-bond acceptors (Lipinski definition) is 3. The minimum absolute atomic E-state index is 0.777. The Hall–Kier alpha value is -6.19. The van der Waals surface area contributed by atoms with Gasteiger partial charge >= 0.3 is 0 Å². The Morgan fingerprint density at radius 3 is 2.08 bits per heavy atom. The van der Waals surface area contributed by atoms with Crippen molar-refractivity contribution in [2.45, 2.75) is 20.3 Å². The maximum absolute atomic E-state index is 5.18. The molecule has 0 spiro atoms. The SMILES string of the molecule is C/C=C\C=C/c1nc2c(cc1C)c(-c1ccc(C3=c4ccccc4=NC(c4ccc(-c5ccccc5)cc4)=CC3)cc1)nc1ccccc12. The maximum Gasteiger partial charge on any atom is 0.0825 e. The van der Waals surface area contributed by atoms with Crippen molar-refractivity contribution < 1.29 is 0 Å². The van der Waals surface area contributed by atoms with Gasteiger partial charge in [-0.2, -0.15) is 0 Å². The predicted octanol–water partition coefficient (Wildman–Crippen LogP) is 10.3. The number of rotatable bonds is 6. The van der Waals surface area contributed by atoms with Crippen molar-refractivity contribution in [1.82, 2.24) is 9.97 Å². The first-order valence-electron chi connectivity index (χ1n) is 16.8. The van der Waals surface area contributed by atoms with Crippen molar-refractivity contribution in [1.29, 1.82) is 0 Å². The van der Waals surface area contributed by atoms with Gasteiger partial charge in [-0.05, 0) is 77.9 Å². The number of para-hydroxylation sites is 2. The molecular formula is C46H35N3. The van der Waals surface area contributed by atoms with Crippen molar-refractivity contribution in [3.63, 3.8) is 0 Å². The molecule has 0 aliphatic carbocycles. The van der Waals surface area contributed by atoms with E-state index in [-0.39, 0.29) is 0 Å². The van der Waals surface area contributed by atoms with Gasteiger partial charge in [0.25, 0.3) is 0 Å². The number of benzene rings is 5. The molecule has 3 heteroatoms. The van der Waals surface area contributed by atoms with Crippen molar-refractivity contribution in [2.75, 3.05) is 0 Å². The highest BCUT2D eigenvalue weighted by atomic mass is 14.8. The molecule has 0 unspecified atom stereocenters. The van der Waals surface area contributed by atoms with Crippen LogP contribution in [0, 0.1) is 6.92 Å². The summed E-state index contributed by atoms with van der Waals surface area (Å²) in [7, 11) is 0. The van der Waals surface area contributed by atoms with Crippen molar-refractivity contribution >= 4 is 39.2 Å². The second kappa shape index (κ2) is 13.1. The first-order chi connectivity index (χ1) is 24.2. The van der Waals surface area contributed by atoms with E-state index in [0.717, 1.165) is 72.6 Å². The van der Waals surface area contributed by atoms with Gasteiger partial charge in [0, 0.05) is 21.6 Å². The van der Waals surface area contributed by atoms with Crippen molar-refractivity contribution in [3.8, 4) is 22.4 Å². The van der Waals surface area contributed by atoms with Crippen LogP contribution in [-0.4, -0.2) is 9.97 Å². The molecule has 7 aromatic rings. The van der Waals surface area contributed by atoms with E-state index in [9.17, 15) is 0 Å². The molecule has 0 fully saturated rings. The normalized spacial score (nSPS) is 13.1. The molecule has 5 aromatic carbocycles. The van der Waals surface area contributed by atoms with Crippen LogP contribution in [-0.2, 0) is 0 Å². The number of nitrogens with zero attached hydrogens (tertiary/aromatic N) is 3. The van der Waals surface area contributed by atoms with Gasteiger partial charge < -0.3 is 0 Å². The summed E-state index contributed by atoms with van der Waals surface area (Å²) >= 11 is 0. The number of fused-ring (bicyclic) bond motifs is 4. The van der Waals surface area contributed by atoms with E-state index in [0.29, 0.717) is 0 Å². The van der Waals surface area contributed by atoms with Gasteiger partial charge in [-0.3, -0.25) is 0 Å². The lowest BCUT2D eigenvalue weighted by Gasteiger charge is -2.13. The van der Waals surface area contributed by atoms with E-state index in [1.165, 1.54) is 22.3 Å². The molecule has 0 bridgehead atoms. The number of pyridine rings is 2. The van der Waals surface area contributed by atoms with Gasteiger partial charge in [-0.25, -0.2) is 15.0 Å². The molecule has 0 saturated heterocycles. The fourth-order valence-corrected chi connectivity index (χ4v) is 6.67. The second-order valence-corrected chi connectivity index (χ2v) is 12.4. The summed E-state index contributed by atoms with van der Waals surface area (Å²) in [4.78, 5) is 15.5. The zero-order valence-corrected chi connectivity index (χ0v) is 27.6. The number of aromatic nitrogens is 2. The minimum Gasteiger partial charge on any atom is -0.248 e. The molecule has 1 aliphatic heterocycles. The Bertz CT molecular complexity index is 2560. The van der Waals surface area contributed by atoms with E-state index in [1.807, 2.05) is 37.3 Å². The largest absolute Gasteiger partial charge is 0.248 e. The molecule has 3 nitrogen and oxygen atoms in total. The van der Waals surface area contributed by atoms with Crippen LogP contribution in [0.5, 0.6) is 0 Å². The Kier molecular flexibility index (Phi) is 8.09. The predicted molar refractivity (Wildman–Crippen MR) is 205 cm³/mol. The molecule has 0 saturated carbocycles. The van der Waals surface area contributed by atoms with Crippen LogP contribution in [0.25, 0.3) is 61.5 Å². The van der Waals surface area contributed by atoms with Gasteiger partial charge in [0.1, 0.15) is 0 Å². The third kappa shape index (κ3) is 5.92. The van der Waals surface area contributed by atoms with Crippen LogP contribution < -0.4 is 10.6 Å². The van der Waals surface area contributed by atoms with Crippen molar-refractivity contribution in [2.24, 2.45) is 4.99 Å². The number of aryl methyl sites for hydroxylation is 1. The molecule has 3 heterocycles. The summed E-state index contributed by atoms with van der Waals surface area (Å²) in [5.74, 6) is 0. The third-order valence-electron chi connectivity index (χ3n) is 9.22. The molecule has 8 rings (SSSR count). The fourth-order valence-electron chi connectivity index (χ4n) is 6.67. The van der Waals surface area contributed by atoms with Crippen LogP contribution in [0.15, 0.2) is 163 Å². The van der Waals surface area contributed by atoms with E-state index in [1.54, 1.807) is 0 Å². The van der Waals surface area contributed by atoms with E-state index in [4.69, 9.17) is 15.0 Å². The summed E-state index contributed by atoms with van der Waals surface area (Å²) in [5, 5.41) is 4.27. The van der Waals surface area contributed by atoms with Crippen LogP contribution in [0.2, 0.25) is 0 Å². The highest BCUT2D eigenvalue weighted by molar-refractivity contribution is 6.09. The van der Waals surface area contributed by atoms with Gasteiger partial charge in [0.2, 0.25) is 0 Å². The molecule has 1 aliphatic rings. The number of hydrogen-bond donors (Lipinski definition) is 0. The standard InChI is InChI=1S/C46H35N3/c1-3-4-6-17-41-31(2)30-40-45(49-44-19-12-10-16-39(44)46(40)48-41)36-26-22-34(23-27-36)37-28-29-42(47-43-18-11-9-15-38(37)43)35-24-20-33(21-25-35)32-13-7-5-8-14-32/h3-27,29-30H,28H2,1-2H3/b4-3-,17-6-. The number of allylic oxidation sites excluding steroid dienone is 4. The first-order valence-corrected chi connectivity index (χ1v) is 16.8. The highest BCUT2D eigenvalue weighted by Gasteiger charge is 2.15. The molecule has 0 atom stereocenters. The molecule has 234 valence electrons. The summed E-state index contributed by atoms with van der Waals surface area (Å²) in [6, 6.07) is 47.1. The van der Waals surface area contributed by atoms with Crippen molar-refractivity contribution in [3.05, 3.63) is 191 Å². The molecule has 0 radical (unpaired) electrons. The van der Waals surface area contributed by atoms with Gasteiger partial charge in [-0.1, -0.05) is 140 Å².